The molecule has 3 rings (SSSR count). The number of nitrogens with two attached hydrogens (primary N) is 1. The van der Waals surface area contributed by atoms with Gasteiger partial charge in [-0.2, -0.15) is 0 Å². The van der Waals surface area contributed by atoms with E-state index in [1.54, 1.807) is 19.9 Å². The Morgan fingerprint density at radius 1 is 1.20 bits per heavy atom. The average molecular weight is 451 g/mol. The first kappa shape index (κ1) is 23.0. The topological polar surface area (TPSA) is 97.1 Å². The van der Waals surface area contributed by atoms with Crippen molar-refractivity contribution in [1.82, 2.24) is 15.6 Å². The molecule has 1 saturated carbocycles. The van der Waals surface area contributed by atoms with Crippen molar-refractivity contribution in [3.63, 3.8) is 0 Å². The van der Waals surface area contributed by atoms with Gasteiger partial charge in [-0.15, -0.1) is 11.3 Å². The van der Waals surface area contributed by atoms with Crippen LogP contribution in [0.25, 0.3) is 10.2 Å². The summed E-state index contributed by atoms with van der Waals surface area (Å²) in [6.07, 6.45) is 6.78. The lowest BCUT2D eigenvalue weighted by molar-refractivity contribution is -0.131. The Kier molecular flexibility index (Phi) is 8.08. The van der Waals surface area contributed by atoms with E-state index in [0.29, 0.717) is 17.4 Å². The highest BCUT2D eigenvalue weighted by molar-refractivity contribution is 7.18. The summed E-state index contributed by atoms with van der Waals surface area (Å²) in [6.45, 7) is 3.61. The fourth-order valence-electron chi connectivity index (χ4n) is 3.88. The van der Waals surface area contributed by atoms with Crippen LogP contribution in [0.1, 0.15) is 57.4 Å². The number of carbonyl (C=O) groups is 2. The van der Waals surface area contributed by atoms with Crippen LogP contribution in [-0.4, -0.2) is 29.0 Å². The predicted molar refractivity (Wildman–Crippen MR) is 122 cm³/mol. The first-order chi connectivity index (χ1) is 14.3. The van der Waals surface area contributed by atoms with Crippen LogP contribution < -0.4 is 16.4 Å². The van der Waals surface area contributed by atoms with Gasteiger partial charge in [-0.05, 0) is 30.5 Å². The number of hydrogen-bond acceptors (Lipinski definition) is 5. The van der Waals surface area contributed by atoms with Gasteiger partial charge in [-0.3, -0.25) is 9.59 Å². The van der Waals surface area contributed by atoms with E-state index < -0.39 is 12.2 Å². The molecule has 1 heterocycles. The fraction of sp³-hybridized carbons (Fsp3) is 0.591. The summed E-state index contributed by atoms with van der Waals surface area (Å²) in [5.41, 5.74) is 7.07. The lowest BCUT2D eigenvalue weighted by atomic mass is 9.86. The third-order valence-electron chi connectivity index (χ3n) is 5.57. The van der Waals surface area contributed by atoms with Crippen LogP contribution in [-0.2, 0) is 16.0 Å². The number of rotatable bonds is 8. The molecule has 1 fully saturated rings. The maximum Gasteiger partial charge on any atom is 0.244 e. The molecule has 2 atom stereocenters. The Morgan fingerprint density at radius 3 is 2.63 bits per heavy atom. The zero-order valence-electron chi connectivity index (χ0n) is 17.6. The lowest BCUT2D eigenvalue weighted by Crippen LogP contribution is -2.54. The van der Waals surface area contributed by atoms with Crippen molar-refractivity contribution in [3.05, 3.63) is 28.2 Å². The van der Waals surface area contributed by atoms with E-state index in [4.69, 9.17) is 17.3 Å². The van der Waals surface area contributed by atoms with Gasteiger partial charge in [0.05, 0.1) is 21.4 Å². The van der Waals surface area contributed by atoms with Crippen LogP contribution in [0, 0.1) is 11.8 Å². The van der Waals surface area contributed by atoms with E-state index in [0.717, 1.165) is 21.6 Å². The van der Waals surface area contributed by atoms with Crippen molar-refractivity contribution in [2.75, 3.05) is 0 Å². The summed E-state index contributed by atoms with van der Waals surface area (Å²) >= 11 is 7.55. The molecule has 1 aliphatic rings. The number of halogens is 1. The molecule has 1 aliphatic carbocycles. The summed E-state index contributed by atoms with van der Waals surface area (Å²) in [6, 6.07) is 4.80. The normalized spacial score (nSPS) is 17.1. The molecular formula is C22H31ClN4O2S. The van der Waals surface area contributed by atoms with Crippen LogP contribution in [0.2, 0.25) is 5.02 Å². The minimum absolute atomic E-state index is 0.167. The van der Waals surface area contributed by atoms with Gasteiger partial charge in [-0.25, -0.2) is 4.98 Å². The maximum atomic E-state index is 13.0. The fourth-order valence-corrected chi connectivity index (χ4v) is 5.17. The third kappa shape index (κ3) is 6.40. The molecule has 1 unspecified atom stereocenters. The number of benzene rings is 1. The molecule has 0 radical (unpaired) electrons. The Morgan fingerprint density at radius 2 is 1.93 bits per heavy atom. The van der Waals surface area contributed by atoms with E-state index in [-0.39, 0.29) is 17.7 Å². The van der Waals surface area contributed by atoms with E-state index in [1.807, 2.05) is 12.1 Å². The molecule has 6 nitrogen and oxygen atoms in total. The van der Waals surface area contributed by atoms with E-state index in [2.05, 4.69) is 15.6 Å². The van der Waals surface area contributed by atoms with Gasteiger partial charge >= 0.3 is 0 Å². The van der Waals surface area contributed by atoms with Crippen LogP contribution in [0.15, 0.2) is 18.2 Å². The molecule has 0 aliphatic heterocycles. The Balaban J connectivity index is 1.68. The van der Waals surface area contributed by atoms with Gasteiger partial charge < -0.3 is 16.4 Å². The minimum Gasteiger partial charge on any atom is -0.344 e. The SMILES string of the molecule is CC(C)C(=O)NC(Cc1nc2ccc(Cl)cc2s1)C(=O)N[C@H](N)CC1CCCCC1. The number of nitrogens with zero attached hydrogens (tertiary/aromatic N) is 1. The van der Waals surface area contributed by atoms with Crippen molar-refractivity contribution in [2.45, 2.75) is 71.0 Å². The van der Waals surface area contributed by atoms with Crippen LogP contribution in [0.5, 0.6) is 0 Å². The Bertz CT molecular complexity index is 879. The standard InChI is InChI=1S/C22H31ClN4O2S/c1-13(2)21(28)26-17(12-20-25-16-9-8-15(23)11-18(16)30-20)22(29)27-19(24)10-14-6-4-3-5-7-14/h8-9,11,13-14,17,19H,3-7,10,12,24H2,1-2H3,(H,26,28)(H,27,29)/t17?,19-/m0/s1. The first-order valence-corrected chi connectivity index (χ1v) is 11.9. The molecule has 1 aromatic carbocycles. The molecule has 164 valence electrons. The van der Waals surface area contributed by atoms with E-state index in [1.165, 1.54) is 43.4 Å². The number of hydrogen-bond donors (Lipinski definition) is 3. The quantitative estimate of drug-likeness (QED) is 0.529. The summed E-state index contributed by atoms with van der Waals surface area (Å²) in [7, 11) is 0. The third-order valence-corrected chi connectivity index (χ3v) is 6.85. The van der Waals surface area contributed by atoms with Crippen molar-refractivity contribution in [2.24, 2.45) is 17.6 Å². The number of carbonyl (C=O) groups excluding carboxylic acids is 2. The van der Waals surface area contributed by atoms with Crippen molar-refractivity contribution < 1.29 is 9.59 Å². The highest BCUT2D eigenvalue weighted by Crippen LogP contribution is 2.27. The lowest BCUT2D eigenvalue weighted by Gasteiger charge is -2.26. The second-order valence-corrected chi connectivity index (χ2v) is 10.0. The Hall–Kier alpha value is -1.70. The van der Waals surface area contributed by atoms with Crippen LogP contribution in [0.3, 0.4) is 0 Å². The predicted octanol–water partition coefficient (Wildman–Crippen LogP) is 4.00. The van der Waals surface area contributed by atoms with Crippen LogP contribution >= 0.6 is 22.9 Å². The zero-order valence-corrected chi connectivity index (χ0v) is 19.2. The molecule has 4 N–H and O–H groups in total. The zero-order chi connectivity index (χ0) is 21.7. The van der Waals surface area contributed by atoms with Crippen LogP contribution in [0.4, 0.5) is 0 Å². The molecule has 1 aromatic heterocycles. The number of thiazole rings is 1. The molecule has 2 amide bonds. The highest BCUT2D eigenvalue weighted by atomic mass is 35.5. The minimum atomic E-state index is -0.714. The number of nitrogens with one attached hydrogen (secondary N) is 2. The Labute approximate surface area is 187 Å². The molecular weight excluding hydrogens is 420 g/mol. The van der Waals surface area contributed by atoms with Crippen molar-refractivity contribution >= 4 is 45.0 Å². The van der Waals surface area contributed by atoms with Gasteiger partial charge in [0, 0.05) is 17.4 Å². The largest absolute Gasteiger partial charge is 0.344 e. The molecule has 2 aromatic rings. The smallest absolute Gasteiger partial charge is 0.244 e. The van der Waals surface area contributed by atoms with Crippen molar-refractivity contribution in [1.29, 1.82) is 0 Å². The molecule has 8 heteroatoms. The second-order valence-electron chi connectivity index (χ2n) is 8.49. The molecule has 0 spiro atoms. The highest BCUT2D eigenvalue weighted by Gasteiger charge is 2.26. The van der Waals surface area contributed by atoms with E-state index >= 15 is 0 Å². The number of fused-ring (bicyclic) bond motifs is 1. The van der Waals surface area contributed by atoms with Gasteiger partial charge in [0.1, 0.15) is 6.04 Å². The van der Waals surface area contributed by atoms with Crippen molar-refractivity contribution in [3.8, 4) is 0 Å². The number of amides is 2. The monoisotopic (exact) mass is 450 g/mol. The first-order valence-electron chi connectivity index (χ1n) is 10.7. The van der Waals surface area contributed by atoms with E-state index in [9.17, 15) is 9.59 Å². The van der Waals surface area contributed by atoms with Gasteiger partial charge in [0.15, 0.2) is 0 Å². The average Bonchev–Trinajstić information content (AvgIpc) is 3.09. The maximum absolute atomic E-state index is 13.0. The van der Waals surface area contributed by atoms with Gasteiger partial charge in [0.2, 0.25) is 11.8 Å². The summed E-state index contributed by atoms with van der Waals surface area (Å²) in [4.78, 5) is 29.9. The second kappa shape index (κ2) is 10.6. The molecule has 0 saturated heterocycles. The summed E-state index contributed by atoms with van der Waals surface area (Å²) in [5, 5.41) is 7.20. The molecule has 0 bridgehead atoms. The molecule has 30 heavy (non-hydrogen) atoms. The van der Waals surface area contributed by atoms with Gasteiger partial charge in [-0.1, -0.05) is 57.6 Å². The number of aromatic nitrogens is 1. The summed E-state index contributed by atoms with van der Waals surface area (Å²) < 4.78 is 0.959. The van der Waals surface area contributed by atoms with Gasteiger partial charge in [0.25, 0.3) is 0 Å². The summed E-state index contributed by atoms with van der Waals surface area (Å²) in [5.74, 6) is -0.0816.